The first-order chi connectivity index (χ1) is 11.8. The first-order valence-electron chi connectivity index (χ1n) is 8.38. The zero-order valence-electron chi connectivity index (χ0n) is 14.3. The minimum atomic E-state index is -0.773. The highest BCUT2D eigenvalue weighted by Crippen LogP contribution is 2.66. The first-order valence-corrected chi connectivity index (χ1v) is 9.51. The van der Waals surface area contributed by atoms with Crippen molar-refractivity contribution in [1.29, 1.82) is 0 Å². The van der Waals surface area contributed by atoms with Gasteiger partial charge in [-0.15, -0.1) is 0 Å². The minimum absolute atomic E-state index is 0.136. The van der Waals surface area contributed by atoms with Gasteiger partial charge < -0.3 is 13.9 Å². The van der Waals surface area contributed by atoms with Crippen molar-refractivity contribution in [3.05, 3.63) is 23.0 Å². The smallest absolute Gasteiger partial charge is 0.425 e. The third kappa shape index (κ3) is 2.79. The van der Waals surface area contributed by atoms with Gasteiger partial charge in [0.05, 0.1) is 24.3 Å². The molecule has 0 spiro atoms. The number of carbonyl (C=O) groups is 2. The summed E-state index contributed by atoms with van der Waals surface area (Å²) in [6.45, 7) is 4.51. The number of rotatable bonds is 6. The van der Waals surface area contributed by atoms with Gasteiger partial charge in [-0.2, -0.15) is 0 Å². The average molecular weight is 416 g/mol. The normalized spacial score (nSPS) is 29.7. The van der Waals surface area contributed by atoms with Crippen LogP contribution in [0.15, 0.2) is 21.7 Å². The lowest BCUT2D eigenvalue weighted by atomic mass is 9.67. The number of fused-ring (bicyclic) bond motifs is 2. The quantitative estimate of drug-likeness (QED) is 0.402. The number of oxazole rings is 1. The van der Waals surface area contributed by atoms with E-state index in [9.17, 15) is 14.4 Å². The van der Waals surface area contributed by atoms with Gasteiger partial charge in [0.1, 0.15) is 18.2 Å². The van der Waals surface area contributed by atoms with Crippen LogP contribution in [0.4, 0.5) is 0 Å². The highest BCUT2D eigenvalue weighted by atomic mass is 79.9. The molecular weight excluding hydrogens is 394 g/mol. The van der Waals surface area contributed by atoms with E-state index in [0.717, 1.165) is 17.4 Å². The van der Waals surface area contributed by atoms with Gasteiger partial charge in [-0.3, -0.25) is 9.59 Å². The Morgan fingerprint density at radius 3 is 2.76 bits per heavy atom. The van der Waals surface area contributed by atoms with Crippen LogP contribution >= 0.6 is 15.9 Å². The van der Waals surface area contributed by atoms with Crippen LogP contribution < -0.4 is 5.76 Å². The molecule has 0 N–H and O–H groups in total. The van der Waals surface area contributed by atoms with E-state index < -0.39 is 11.2 Å². The summed E-state index contributed by atoms with van der Waals surface area (Å²) in [5.74, 6) is -0.934. The fourth-order valence-electron chi connectivity index (χ4n) is 4.64. The molecule has 3 rings (SSSR count). The Morgan fingerprint density at radius 1 is 1.40 bits per heavy atom. The molecule has 7 nitrogen and oxygen atoms in total. The Labute approximate surface area is 153 Å². The average Bonchev–Trinajstić information content (AvgIpc) is 3.19. The van der Waals surface area contributed by atoms with Gasteiger partial charge in [0, 0.05) is 0 Å². The number of alkyl halides is 1. The van der Waals surface area contributed by atoms with Crippen molar-refractivity contribution < 1.29 is 23.5 Å². The van der Waals surface area contributed by atoms with Crippen LogP contribution in [0.25, 0.3) is 0 Å². The molecule has 0 aliphatic heterocycles. The number of carbonyl (C=O) groups excluding carboxylic acids is 2. The number of esters is 1. The third-order valence-corrected chi connectivity index (χ3v) is 6.51. The van der Waals surface area contributed by atoms with Gasteiger partial charge in [0.2, 0.25) is 5.91 Å². The molecule has 1 aromatic rings. The van der Waals surface area contributed by atoms with E-state index in [0.29, 0.717) is 12.3 Å². The minimum Gasteiger partial charge on any atom is -0.463 e. The second kappa shape index (κ2) is 6.72. The zero-order valence-corrected chi connectivity index (χ0v) is 15.9. The van der Waals surface area contributed by atoms with Gasteiger partial charge in [-0.05, 0) is 30.6 Å². The van der Waals surface area contributed by atoms with Crippen LogP contribution in [-0.2, 0) is 14.3 Å². The van der Waals surface area contributed by atoms with Gasteiger partial charge in [-0.25, -0.2) is 9.36 Å². The third-order valence-electron chi connectivity index (χ3n) is 6.06. The summed E-state index contributed by atoms with van der Waals surface area (Å²) in [5.41, 5.74) is -1.05. The SMILES string of the molecule is CC1(C)[C@@H]2CC[C@@]1(C(=O)n1ccoc1=O)[C@H](OCCOC(=O)CBr)C2. The van der Waals surface area contributed by atoms with Gasteiger partial charge in [0.15, 0.2) is 0 Å². The summed E-state index contributed by atoms with van der Waals surface area (Å²) >= 11 is 3.03. The predicted molar refractivity (Wildman–Crippen MR) is 91.6 cm³/mol. The van der Waals surface area contributed by atoms with Crippen molar-refractivity contribution in [3.63, 3.8) is 0 Å². The topological polar surface area (TPSA) is 87.7 Å². The summed E-state index contributed by atoms with van der Waals surface area (Å²) in [4.78, 5) is 36.3. The number of hydrogen-bond donors (Lipinski definition) is 0. The van der Waals surface area contributed by atoms with Crippen LogP contribution in [-0.4, -0.2) is 41.1 Å². The van der Waals surface area contributed by atoms with E-state index in [1.54, 1.807) is 0 Å². The van der Waals surface area contributed by atoms with E-state index in [1.807, 2.05) is 0 Å². The molecule has 1 aromatic heterocycles. The van der Waals surface area contributed by atoms with Crippen LogP contribution in [0.2, 0.25) is 0 Å². The monoisotopic (exact) mass is 415 g/mol. The second-order valence-electron chi connectivity index (χ2n) is 7.22. The molecule has 2 bridgehead atoms. The van der Waals surface area contributed by atoms with Crippen molar-refractivity contribution in [2.75, 3.05) is 18.5 Å². The summed E-state index contributed by atoms with van der Waals surface area (Å²) in [7, 11) is 0. The number of halogens is 1. The van der Waals surface area contributed by atoms with Gasteiger partial charge >= 0.3 is 11.7 Å². The van der Waals surface area contributed by atoms with Gasteiger partial charge in [0.25, 0.3) is 0 Å². The van der Waals surface area contributed by atoms with Crippen molar-refractivity contribution in [2.24, 2.45) is 16.7 Å². The fraction of sp³-hybridized carbons (Fsp3) is 0.706. The molecule has 138 valence electrons. The molecular formula is C17H22BrNO6. The van der Waals surface area contributed by atoms with Crippen LogP contribution in [0.3, 0.4) is 0 Å². The number of ether oxygens (including phenoxy) is 2. The molecule has 3 atom stereocenters. The lowest BCUT2D eigenvalue weighted by Crippen LogP contribution is -2.50. The molecule has 0 radical (unpaired) electrons. The first kappa shape index (κ1) is 18.4. The molecule has 0 unspecified atom stereocenters. The number of hydrogen-bond acceptors (Lipinski definition) is 6. The Hall–Kier alpha value is -1.41. The van der Waals surface area contributed by atoms with Crippen LogP contribution in [0, 0.1) is 16.7 Å². The molecule has 2 saturated carbocycles. The highest BCUT2D eigenvalue weighted by Gasteiger charge is 2.69. The molecule has 1 heterocycles. The Balaban J connectivity index is 1.80. The summed E-state index contributed by atoms with van der Waals surface area (Å²) in [6, 6.07) is 0. The summed E-state index contributed by atoms with van der Waals surface area (Å²) in [5, 5.41) is 0.136. The van der Waals surface area contributed by atoms with Crippen LogP contribution in [0.1, 0.15) is 37.9 Å². The number of aromatic nitrogens is 1. The lowest BCUT2D eigenvalue weighted by Gasteiger charge is -2.40. The Bertz CT molecular complexity index is 723. The zero-order chi connectivity index (χ0) is 18.2. The summed E-state index contributed by atoms with van der Waals surface area (Å²) < 4.78 is 16.8. The fourth-order valence-corrected chi connectivity index (χ4v) is 4.81. The molecule has 8 heteroatoms. The van der Waals surface area contributed by atoms with Gasteiger partial charge in [-0.1, -0.05) is 29.8 Å². The highest BCUT2D eigenvalue weighted by molar-refractivity contribution is 9.09. The number of nitrogens with zero attached hydrogens (tertiary/aromatic N) is 1. The van der Waals surface area contributed by atoms with E-state index in [1.165, 1.54) is 12.5 Å². The van der Waals surface area contributed by atoms with Crippen molar-refractivity contribution in [1.82, 2.24) is 4.57 Å². The molecule has 0 saturated heterocycles. The Kier molecular flexibility index (Phi) is 4.94. The molecule has 2 fully saturated rings. The van der Waals surface area contributed by atoms with Crippen molar-refractivity contribution in [3.8, 4) is 0 Å². The molecule has 2 aliphatic rings. The lowest BCUT2D eigenvalue weighted by molar-refractivity contribution is -0.143. The van der Waals surface area contributed by atoms with E-state index in [4.69, 9.17) is 13.9 Å². The molecule has 2 aliphatic carbocycles. The predicted octanol–water partition coefficient (Wildman–Crippen LogP) is 2.23. The molecule has 0 aromatic carbocycles. The van der Waals surface area contributed by atoms with E-state index in [-0.39, 0.29) is 41.9 Å². The molecule has 0 amide bonds. The van der Waals surface area contributed by atoms with Crippen LogP contribution in [0.5, 0.6) is 0 Å². The van der Waals surface area contributed by atoms with Crippen molar-refractivity contribution in [2.45, 2.75) is 39.2 Å². The van der Waals surface area contributed by atoms with E-state index >= 15 is 0 Å². The van der Waals surface area contributed by atoms with Crippen molar-refractivity contribution >= 4 is 27.8 Å². The summed E-state index contributed by atoms with van der Waals surface area (Å²) in [6.07, 6.45) is 4.66. The molecule has 25 heavy (non-hydrogen) atoms. The maximum atomic E-state index is 13.3. The second-order valence-corrected chi connectivity index (χ2v) is 7.78. The van der Waals surface area contributed by atoms with E-state index in [2.05, 4.69) is 29.8 Å². The maximum absolute atomic E-state index is 13.3. The standard InChI is InChI=1S/C17H22BrNO6/c1-16(2)11-3-4-17(16,14(21)19-5-6-25-15(19)22)12(9-11)23-7-8-24-13(20)10-18/h5-6,11-12H,3-4,7-10H2,1-2H3/t11-,12-,17+/m1/s1. The largest absolute Gasteiger partial charge is 0.463 e. The Morgan fingerprint density at radius 2 is 2.16 bits per heavy atom. The maximum Gasteiger partial charge on any atom is 0.425 e.